The summed E-state index contributed by atoms with van der Waals surface area (Å²) >= 11 is 6.00. The minimum atomic E-state index is -0.265. The van der Waals surface area contributed by atoms with Crippen molar-refractivity contribution in [2.75, 3.05) is 13.7 Å². The normalized spacial score (nSPS) is 10.2. The van der Waals surface area contributed by atoms with Crippen LogP contribution in [-0.2, 0) is 11.3 Å². The molecule has 0 atom stereocenters. The average molecular weight is 257 g/mol. The Labute approximate surface area is 106 Å². The van der Waals surface area contributed by atoms with Crippen molar-refractivity contribution in [1.82, 2.24) is 5.32 Å². The molecule has 0 spiro atoms. The molecule has 1 rings (SSSR count). The summed E-state index contributed by atoms with van der Waals surface area (Å²) in [5.74, 6) is 0.406. The molecule has 0 aliphatic heterocycles. The van der Waals surface area contributed by atoms with Crippen molar-refractivity contribution in [1.29, 1.82) is 0 Å². The van der Waals surface area contributed by atoms with Crippen LogP contribution < -0.4 is 15.8 Å². The molecule has 0 fully saturated rings. The van der Waals surface area contributed by atoms with Gasteiger partial charge in [0.15, 0.2) is 0 Å². The topological polar surface area (TPSA) is 64.3 Å². The van der Waals surface area contributed by atoms with Gasteiger partial charge in [0, 0.05) is 13.0 Å². The van der Waals surface area contributed by atoms with E-state index in [-0.39, 0.29) is 5.91 Å². The Morgan fingerprint density at radius 3 is 2.88 bits per heavy atom. The Bertz CT molecular complexity index is 383. The average Bonchev–Trinajstić information content (AvgIpc) is 2.28. The molecule has 0 aliphatic carbocycles. The fraction of sp³-hybridized carbons (Fsp3) is 0.417. The molecule has 4 nitrogen and oxygen atoms in total. The smallest absolute Gasteiger partial charge is 0.217 e. The van der Waals surface area contributed by atoms with Crippen molar-refractivity contribution < 1.29 is 9.53 Å². The second-order valence-electron chi connectivity index (χ2n) is 3.72. The fourth-order valence-corrected chi connectivity index (χ4v) is 1.72. The van der Waals surface area contributed by atoms with Crippen molar-refractivity contribution in [3.63, 3.8) is 0 Å². The SMILES string of the molecule is COc1ccc(CNCCCC(N)=O)cc1Cl. The monoisotopic (exact) mass is 256 g/mol. The summed E-state index contributed by atoms with van der Waals surface area (Å²) in [5, 5.41) is 3.82. The maximum absolute atomic E-state index is 10.5. The van der Waals surface area contributed by atoms with Crippen LogP contribution in [0.25, 0.3) is 0 Å². The minimum absolute atomic E-state index is 0.265. The largest absolute Gasteiger partial charge is 0.495 e. The van der Waals surface area contributed by atoms with E-state index in [9.17, 15) is 4.79 Å². The lowest BCUT2D eigenvalue weighted by Gasteiger charge is -2.07. The van der Waals surface area contributed by atoms with E-state index in [1.165, 1.54) is 0 Å². The van der Waals surface area contributed by atoms with Crippen LogP contribution in [0, 0.1) is 0 Å². The van der Waals surface area contributed by atoms with Crippen LogP contribution in [0.3, 0.4) is 0 Å². The van der Waals surface area contributed by atoms with E-state index in [2.05, 4.69) is 5.32 Å². The van der Waals surface area contributed by atoms with Gasteiger partial charge in [-0.15, -0.1) is 0 Å². The zero-order valence-corrected chi connectivity index (χ0v) is 10.6. The fourth-order valence-electron chi connectivity index (χ4n) is 1.44. The lowest BCUT2D eigenvalue weighted by molar-refractivity contribution is -0.118. The summed E-state index contributed by atoms with van der Waals surface area (Å²) in [6.07, 6.45) is 1.16. The Morgan fingerprint density at radius 2 is 2.29 bits per heavy atom. The minimum Gasteiger partial charge on any atom is -0.495 e. The number of amides is 1. The number of hydrogen-bond donors (Lipinski definition) is 2. The number of methoxy groups -OCH3 is 1. The van der Waals surface area contributed by atoms with E-state index in [1.54, 1.807) is 7.11 Å². The molecule has 0 bridgehead atoms. The van der Waals surface area contributed by atoms with Crippen molar-refractivity contribution in [2.45, 2.75) is 19.4 Å². The van der Waals surface area contributed by atoms with Crippen LogP contribution in [0.5, 0.6) is 5.75 Å². The number of nitrogens with two attached hydrogens (primary N) is 1. The van der Waals surface area contributed by atoms with Gasteiger partial charge in [-0.25, -0.2) is 0 Å². The number of halogens is 1. The number of benzene rings is 1. The van der Waals surface area contributed by atoms with E-state index >= 15 is 0 Å². The molecule has 3 N–H and O–H groups in total. The summed E-state index contributed by atoms with van der Waals surface area (Å²) in [4.78, 5) is 10.5. The van der Waals surface area contributed by atoms with E-state index < -0.39 is 0 Å². The third kappa shape index (κ3) is 5.06. The molecule has 0 aliphatic rings. The number of carbonyl (C=O) groups excluding carboxylic acids is 1. The van der Waals surface area contributed by atoms with Gasteiger partial charge in [0.2, 0.25) is 5.91 Å². The highest BCUT2D eigenvalue weighted by molar-refractivity contribution is 6.32. The van der Waals surface area contributed by atoms with Crippen molar-refractivity contribution >= 4 is 17.5 Å². The summed E-state index contributed by atoms with van der Waals surface area (Å²) in [6.45, 7) is 1.47. The molecule has 0 radical (unpaired) electrons. The molecule has 1 aromatic rings. The first kappa shape index (κ1) is 13.8. The number of primary amides is 1. The highest BCUT2D eigenvalue weighted by Crippen LogP contribution is 2.24. The van der Waals surface area contributed by atoms with Crippen LogP contribution in [0.2, 0.25) is 5.02 Å². The van der Waals surface area contributed by atoms with Crippen LogP contribution in [0.1, 0.15) is 18.4 Å². The number of ether oxygens (including phenoxy) is 1. The number of carbonyl (C=O) groups is 1. The number of hydrogen-bond acceptors (Lipinski definition) is 3. The maximum atomic E-state index is 10.5. The van der Waals surface area contributed by atoms with Gasteiger partial charge in [0.25, 0.3) is 0 Å². The van der Waals surface area contributed by atoms with Crippen LogP contribution in [-0.4, -0.2) is 19.6 Å². The molecule has 0 unspecified atom stereocenters. The standard InChI is InChI=1S/C12H17ClN2O2/c1-17-11-5-4-9(7-10(11)13)8-15-6-2-3-12(14)16/h4-5,7,15H,2-3,6,8H2,1H3,(H2,14,16). The van der Waals surface area contributed by atoms with Gasteiger partial charge < -0.3 is 15.8 Å². The predicted octanol–water partition coefficient (Wildman–Crippen LogP) is 1.70. The first-order valence-electron chi connectivity index (χ1n) is 5.45. The molecular formula is C12H17ClN2O2. The molecule has 0 saturated carbocycles. The molecule has 94 valence electrons. The molecule has 5 heteroatoms. The second-order valence-corrected chi connectivity index (χ2v) is 4.12. The first-order valence-corrected chi connectivity index (χ1v) is 5.82. The summed E-state index contributed by atoms with van der Waals surface area (Å²) in [6, 6.07) is 5.65. The third-order valence-electron chi connectivity index (χ3n) is 2.32. The third-order valence-corrected chi connectivity index (χ3v) is 2.62. The van der Waals surface area contributed by atoms with Gasteiger partial charge in [0.05, 0.1) is 12.1 Å². The number of rotatable bonds is 7. The summed E-state index contributed by atoms with van der Waals surface area (Å²) < 4.78 is 5.07. The molecule has 0 heterocycles. The summed E-state index contributed by atoms with van der Waals surface area (Å²) in [7, 11) is 1.59. The molecule has 17 heavy (non-hydrogen) atoms. The van der Waals surface area contributed by atoms with Crippen molar-refractivity contribution in [3.8, 4) is 5.75 Å². The molecular weight excluding hydrogens is 240 g/mol. The molecule has 1 amide bonds. The molecule has 1 aromatic carbocycles. The van der Waals surface area contributed by atoms with Crippen LogP contribution in [0.4, 0.5) is 0 Å². The quantitative estimate of drug-likeness (QED) is 0.730. The van der Waals surface area contributed by atoms with Gasteiger partial charge in [-0.1, -0.05) is 17.7 Å². The first-order chi connectivity index (χ1) is 8.13. The van der Waals surface area contributed by atoms with Crippen molar-refractivity contribution in [3.05, 3.63) is 28.8 Å². The van der Waals surface area contributed by atoms with E-state index in [4.69, 9.17) is 22.1 Å². The Morgan fingerprint density at radius 1 is 1.53 bits per heavy atom. The maximum Gasteiger partial charge on any atom is 0.217 e. The van der Waals surface area contributed by atoms with E-state index in [0.717, 1.165) is 18.5 Å². The lowest BCUT2D eigenvalue weighted by Crippen LogP contribution is -2.18. The zero-order valence-electron chi connectivity index (χ0n) is 9.83. The Hall–Kier alpha value is -1.26. The van der Waals surface area contributed by atoms with Crippen LogP contribution >= 0.6 is 11.6 Å². The van der Waals surface area contributed by atoms with Gasteiger partial charge in [-0.2, -0.15) is 0 Å². The highest BCUT2D eigenvalue weighted by atomic mass is 35.5. The molecule has 0 saturated heterocycles. The van der Waals surface area contributed by atoms with Crippen molar-refractivity contribution in [2.24, 2.45) is 5.73 Å². The Balaban J connectivity index is 2.32. The van der Waals surface area contributed by atoms with E-state index in [0.29, 0.717) is 23.7 Å². The Kier molecular flexibility index (Phi) is 5.80. The highest BCUT2D eigenvalue weighted by Gasteiger charge is 2.01. The van der Waals surface area contributed by atoms with Gasteiger partial charge in [-0.3, -0.25) is 4.79 Å². The van der Waals surface area contributed by atoms with Gasteiger partial charge in [0.1, 0.15) is 5.75 Å². The number of nitrogens with one attached hydrogen (secondary N) is 1. The zero-order chi connectivity index (χ0) is 12.7. The van der Waals surface area contributed by atoms with Gasteiger partial charge in [-0.05, 0) is 30.7 Å². The second kappa shape index (κ2) is 7.14. The van der Waals surface area contributed by atoms with Gasteiger partial charge >= 0.3 is 0 Å². The summed E-state index contributed by atoms with van der Waals surface area (Å²) in [5.41, 5.74) is 6.12. The molecule has 0 aromatic heterocycles. The lowest BCUT2D eigenvalue weighted by atomic mass is 10.2. The van der Waals surface area contributed by atoms with Crippen LogP contribution in [0.15, 0.2) is 18.2 Å². The van der Waals surface area contributed by atoms with E-state index in [1.807, 2.05) is 18.2 Å². The predicted molar refractivity (Wildman–Crippen MR) is 68.1 cm³/mol.